The Kier molecular flexibility index (Phi) is 10.6. The molecule has 0 aliphatic heterocycles. The Morgan fingerprint density at radius 2 is 1.57 bits per heavy atom. The third-order valence-corrected chi connectivity index (χ3v) is 7.31. The maximum absolute atomic E-state index is 12.9. The van der Waals surface area contributed by atoms with Crippen molar-refractivity contribution in [2.45, 2.75) is 45.3 Å². The molecule has 0 bridgehead atoms. The minimum atomic E-state index is -4.61. The number of ether oxygens (including phenoxy) is 1. The van der Waals surface area contributed by atoms with E-state index in [1.165, 1.54) is 12.1 Å². The van der Waals surface area contributed by atoms with Gasteiger partial charge in [-0.3, -0.25) is 14.4 Å². The molecular formula is C31H33ClF3N7O5. The molecule has 16 heteroatoms. The van der Waals surface area contributed by atoms with Gasteiger partial charge < -0.3 is 31.1 Å². The highest BCUT2D eigenvalue weighted by Gasteiger charge is 2.45. The average molecular weight is 676 g/mol. The summed E-state index contributed by atoms with van der Waals surface area (Å²) in [6.45, 7) is 3.47. The summed E-state index contributed by atoms with van der Waals surface area (Å²) in [5.74, 6) is -2.06. The molecule has 5 N–H and O–H groups in total. The van der Waals surface area contributed by atoms with Gasteiger partial charge in [-0.15, -0.1) is 0 Å². The van der Waals surface area contributed by atoms with Gasteiger partial charge in [-0.2, -0.15) is 28.1 Å². The summed E-state index contributed by atoms with van der Waals surface area (Å²) in [5, 5.41) is 21.5. The van der Waals surface area contributed by atoms with E-state index >= 15 is 0 Å². The number of halogens is 4. The van der Waals surface area contributed by atoms with Gasteiger partial charge in [-0.25, -0.2) is 0 Å². The number of alkyl halides is 3. The molecule has 1 aliphatic rings. The topological polar surface area (TPSA) is 167 Å². The molecule has 1 aliphatic carbocycles. The first-order valence-corrected chi connectivity index (χ1v) is 14.7. The van der Waals surface area contributed by atoms with Crippen molar-refractivity contribution < 1.29 is 37.4 Å². The summed E-state index contributed by atoms with van der Waals surface area (Å²) in [7, 11) is 0. The number of aromatic nitrogens is 3. The van der Waals surface area contributed by atoms with E-state index in [0.717, 1.165) is 25.3 Å². The number of aliphatic hydroxyl groups excluding tert-OH is 1. The van der Waals surface area contributed by atoms with E-state index in [2.05, 4.69) is 36.2 Å². The summed E-state index contributed by atoms with van der Waals surface area (Å²) in [6.07, 6.45) is -2.60. The number of carbonyl (C=O) groups is 3. The van der Waals surface area contributed by atoms with Crippen LogP contribution in [0.25, 0.3) is 0 Å². The molecule has 1 fully saturated rings. The normalized spacial score (nSPS) is 14.1. The number of aliphatic hydroxyl groups is 1. The van der Waals surface area contributed by atoms with E-state index < -0.39 is 47.2 Å². The second kappa shape index (κ2) is 14.2. The molecule has 1 saturated carbocycles. The second-order valence-corrected chi connectivity index (χ2v) is 12.2. The molecule has 0 spiro atoms. The highest BCUT2D eigenvalue weighted by Crippen LogP contribution is 2.48. The summed E-state index contributed by atoms with van der Waals surface area (Å²) in [6, 6.07) is 12.8. The van der Waals surface area contributed by atoms with E-state index in [1.807, 2.05) is 26.0 Å². The third kappa shape index (κ3) is 10.0. The van der Waals surface area contributed by atoms with E-state index in [4.69, 9.17) is 16.3 Å². The van der Waals surface area contributed by atoms with Gasteiger partial charge in [0, 0.05) is 36.3 Å². The average Bonchev–Trinajstić information content (AvgIpc) is 3.79. The van der Waals surface area contributed by atoms with Crippen molar-refractivity contribution in [1.29, 1.82) is 0 Å². The number of amides is 1. The lowest BCUT2D eigenvalue weighted by Gasteiger charge is -2.26. The van der Waals surface area contributed by atoms with Crippen molar-refractivity contribution >= 4 is 46.7 Å². The maximum Gasteiger partial charge on any atom is 0.422 e. The number of benzene rings is 2. The van der Waals surface area contributed by atoms with Gasteiger partial charge in [-0.1, -0.05) is 37.6 Å². The molecule has 250 valence electrons. The quantitative estimate of drug-likeness (QED) is 0.0815. The van der Waals surface area contributed by atoms with Crippen LogP contribution in [0.5, 0.6) is 6.01 Å². The zero-order chi connectivity index (χ0) is 34.4. The Hall–Kier alpha value is -4.92. The fraction of sp³-hybridized carbons (Fsp3) is 0.355. The van der Waals surface area contributed by atoms with E-state index in [1.54, 1.807) is 24.3 Å². The Bertz CT molecular complexity index is 1640. The van der Waals surface area contributed by atoms with Crippen LogP contribution in [-0.4, -0.2) is 63.4 Å². The number of Topliss-reactive ketones (excluding diaryl/α,β-unsaturated/α-hetero) is 2. The Morgan fingerprint density at radius 3 is 2.15 bits per heavy atom. The molecule has 1 aromatic heterocycles. The molecule has 3 aromatic rings. The minimum Gasteiger partial charge on any atom is -0.513 e. The fourth-order valence-electron chi connectivity index (χ4n) is 4.30. The van der Waals surface area contributed by atoms with Crippen LogP contribution in [0, 0.1) is 5.41 Å². The number of nitrogens with zero attached hydrogens (tertiary/aromatic N) is 3. The highest BCUT2D eigenvalue weighted by atomic mass is 35.5. The Morgan fingerprint density at radius 1 is 0.957 bits per heavy atom. The molecular weight excluding hydrogens is 643 g/mol. The number of carbonyl (C=O) groups excluding carboxylic acids is 3. The molecule has 47 heavy (non-hydrogen) atoms. The second-order valence-electron chi connectivity index (χ2n) is 11.7. The first kappa shape index (κ1) is 34.9. The summed E-state index contributed by atoms with van der Waals surface area (Å²) in [4.78, 5) is 48.3. The monoisotopic (exact) mass is 675 g/mol. The molecule has 4 rings (SSSR count). The molecule has 1 amide bonds. The molecule has 12 nitrogen and oxygen atoms in total. The molecule has 1 heterocycles. The lowest BCUT2D eigenvalue weighted by atomic mass is 9.93. The number of nitrogens with one attached hydrogen (secondary N) is 4. The van der Waals surface area contributed by atoms with Crippen LogP contribution in [0.4, 0.5) is 30.8 Å². The predicted molar refractivity (Wildman–Crippen MR) is 168 cm³/mol. The van der Waals surface area contributed by atoms with Crippen LogP contribution in [0.1, 0.15) is 49.5 Å². The van der Waals surface area contributed by atoms with E-state index in [0.29, 0.717) is 22.5 Å². The van der Waals surface area contributed by atoms with Crippen molar-refractivity contribution in [3.8, 4) is 6.01 Å². The first-order valence-electron chi connectivity index (χ1n) is 14.4. The van der Waals surface area contributed by atoms with Crippen LogP contribution in [-0.2, 0) is 15.1 Å². The lowest BCUT2D eigenvalue weighted by Crippen LogP contribution is -2.41. The first-order chi connectivity index (χ1) is 22.1. The van der Waals surface area contributed by atoms with Gasteiger partial charge >= 0.3 is 12.2 Å². The number of rotatable bonds is 15. The van der Waals surface area contributed by atoms with Crippen LogP contribution in [0.2, 0.25) is 5.02 Å². The number of hydrogen-bond acceptors (Lipinski definition) is 11. The Labute approximate surface area is 273 Å². The maximum atomic E-state index is 12.9. The van der Waals surface area contributed by atoms with Crippen LogP contribution in [0.15, 0.2) is 60.5 Å². The fourth-order valence-corrected chi connectivity index (χ4v) is 4.43. The van der Waals surface area contributed by atoms with E-state index in [-0.39, 0.29) is 30.7 Å². The predicted octanol–water partition coefficient (Wildman–Crippen LogP) is 5.21. The number of allylic oxidation sites excluding steroid dienone is 1. The lowest BCUT2D eigenvalue weighted by molar-refractivity contribution is -0.154. The number of hydrogen-bond donors (Lipinski definition) is 5. The summed E-state index contributed by atoms with van der Waals surface area (Å²) < 4.78 is 43.5. The van der Waals surface area contributed by atoms with Crippen LogP contribution < -0.4 is 26.0 Å². The summed E-state index contributed by atoms with van der Waals surface area (Å²) in [5.41, 5.74) is 0.320. The van der Waals surface area contributed by atoms with Crippen molar-refractivity contribution in [1.82, 2.24) is 25.6 Å². The minimum absolute atomic E-state index is 0.00693. The molecule has 2 aromatic carbocycles. The zero-order valence-corrected chi connectivity index (χ0v) is 26.4. The largest absolute Gasteiger partial charge is 0.513 e. The summed E-state index contributed by atoms with van der Waals surface area (Å²) >= 11 is 6.01. The Balaban J connectivity index is 1.42. The van der Waals surface area contributed by atoms with Crippen molar-refractivity contribution in [2.24, 2.45) is 5.41 Å². The van der Waals surface area contributed by atoms with Gasteiger partial charge in [0.05, 0.1) is 5.54 Å². The van der Waals surface area contributed by atoms with Crippen molar-refractivity contribution in [3.05, 3.63) is 76.6 Å². The third-order valence-electron chi connectivity index (χ3n) is 7.06. The van der Waals surface area contributed by atoms with Crippen LogP contribution in [0.3, 0.4) is 0 Å². The molecule has 0 unspecified atom stereocenters. The van der Waals surface area contributed by atoms with Gasteiger partial charge in [0.1, 0.15) is 12.0 Å². The van der Waals surface area contributed by atoms with Crippen molar-refractivity contribution in [2.75, 3.05) is 30.3 Å². The number of ketones is 2. The van der Waals surface area contributed by atoms with E-state index in [9.17, 15) is 32.7 Å². The smallest absolute Gasteiger partial charge is 0.422 e. The zero-order valence-electron chi connectivity index (χ0n) is 25.7. The highest BCUT2D eigenvalue weighted by molar-refractivity contribution is 6.42. The molecule has 0 radical (unpaired) electrons. The standard InChI is InChI=1S/C31H33ClF3N7O5/c1-18(44)24(45)23(14-43)36-15-29(2,3)16-37-25(46)19-4-10-22(11-5-19)38-26-39-27(41-28(40-26)47-17-31(33,34)35)42-30(12-13-30)20-6-8-21(32)9-7-20/h4-11,14,36,43H,12-13,15-17H2,1-3H3,(H,37,46)(H2,38,39,40,41,42)/b23-14-. The van der Waals surface area contributed by atoms with Crippen molar-refractivity contribution in [3.63, 3.8) is 0 Å². The van der Waals surface area contributed by atoms with Gasteiger partial charge in [-0.05, 0) is 60.2 Å². The molecule has 0 atom stereocenters. The molecule has 0 saturated heterocycles. The SMILES string of the molecule is CC(=O)C(=O)/C(=C/O)NCC(C)(C)CNC(=O)c1ccc(Nc2nc(NC3(c4ccc(Cl)cc4)CC3)nc(OCC(F)(F)F)n2)cc1. The number of anilines is 3. The van der Waals surface area contributed by atoms with Crippen LogP contribution >= 0.6 is 11.6 Å². The van der Waals surface area contributed by atoms with Gasteiger partial charge in [0.15, 0.2) is 6.61 Å². The van der Waals surface area contributed by atoms with Gasteiger partial charge in [0.2, 0.25) is 23.5 Å². The van der Waals surface area contributed by atoms with Gasteiger partial charge in [0.25, 0.3) is 5.91 Å².